The highest BCUT2D eigenvalue weighted by Crippen LogP contribution is 2.35. The summed E-state index contributed by atoms with van der Waals surface area (Å²) in [6.07, 6.45) is 0. The molecule has 2 N–H and O–H groups in total. The van der Waals surface area contributed by atoms with Gasteiger partial charge in [-0.25, -0.2) is 4.98 Å². The molecule has 0 fully saturated rings. The van der Waals surface area contributed by atoms with Gasteiger partial charge in [-0.2, -0.15) is 0 Å². The second-order valence-corrected chi connectivity index (χ2v) is 6.37. The van der Waals surface area contributed by atoms with Crippen LogP contribution in [0.15, 0.2) is 32.4 Å². The van der Waals surface area contributed by atoms with Gasteiger partial charge in [0.05, 0.1) is 10.2 Å². The Labute approximate surface area is 104 Å². The number of hydrogen-bond donors (Lipinski definition) is 1. The highest BCUT2D eigenvalue weighted by atomic mass is 32.2. The van der Waals surface area contributed by atoms with Crippen molar-refractivity contribution in [1.29, 1.82) is 0 Å². The molecule has 0 atom stereocenters. The maximum atomic E-state index is 5.72. The van der Waals surface area contributed by atoms with E-state index in [2.05, 4.69) is 15.2 Å². The fourth-order valence-corrected chi connectivity index (χ4v) is 4.04. The van der Waals surface area contributed by atoms with Crippen LogP contribution in [0.1, 0.15) is 0 Å². The average Bonchev–Trinajstić information content (AvgIpc) is 2.86. The zero-order chi connectivity index (χ0) is 11.0. The van der Waals surface area contributed by atoms with Crippen molar-refractivity contribution in [2.45, 2.75) is 8.68 Å². The predicted molar refractivity (Wildman–Crippen MR) is 68.1 cm³/mol. The molecule has 16 heavy (non-hydrogen) atoms. The van der Waals surface area contributed by atoms with Crippen LogP contribution in [-0.2, 0) is 0 Å². The minimum Gasteiger partial charge on any atom is -0.399 e. The topological polar surface area (TPSA) is 64.7 Å². The SMILES string of the molecule is Nc1ccc2nc(Sc3nncs3)sc2c1. The number of nitrogen functional groups attached to an aromatic ring is 1. The molecule has 0 radical (unpaired) electrons. The number of anilines is 1. The Bertz CT molecular complexity index is 617. The third kappa shape index (κ3) is 1.89. The van der Waals surface area contributed by atoms with Crippen LogP contribution < -0.4 is 5.73 Å². The highest BCUT2D eigenvalue weighted by molar-refractivity contribution is 8.02. The van der Waals surface area contributed by atoms with E-state index in [0.29, 0.717) is 0 Å². The number of nitrogens with zero attached hydrogens (tertiary/aromatic N) is 3. The lowest BCUT2D eigenvalue weighted by Gasteiger charge is -1.88. The van der Waals surface area contributed by atoms with Gasteiger partial charge in [-0.1, -0.05) is 11.3 Å². The van der Waals surface area contributed by atoms with E-state index < -0.39 is 0 Å². The molecule has 7 heteroatoms. The van der Waals surface area contributed by atoms with E-state index in [1.54, 1.807) is 16.8 Å². The van der Waals surface area contributed by atoms with E-state index in [9.17, 15) is 0 Å². The van der Waals surface area contributed by atoms with Crippen molar-refractivity contribution in [2.75, 3.05) is 5.73 Å². The minimum absolute atomic E-state index is 0.767. The summed E-state index contributed by atoms with van der Waals surface area (Å²) in [5.74, 6) is 0. The number of benzene rings is 1. The molecule has 2 aromatic heterocycles. The molecule has 80 valence electrons. The van der Waals surface area contributed by atoms with Gasteiger partial charge in [0, 0.05) is 5.69 Å². The van der Waals surface area contributed by atoms with Crippen LogP contribution in [0.5, 0.6) is 0 Å². The molecule has 3 rings (SSSR count). The Hall–Kier alpha value is -1.18. The van der Waals surface area contributed by atoms with Gasteiger partial charge in [-0.3, -0.25) is 0 Å². The zero-order valence-corrected chi connectivity index (χ0v) is 10.4. The van der Waals surface area contributed by atoms with Gasteiger partial charge >= 0.3 is 0 Å². The first-order chi connectivity index (χ1) is 7.81. The van der Waals surface area contributed by atoms with Crippen molar-refractivity contribution in [3.05, 3.63) is 23.7 Å². The summed E-state index contributed by atoms with van der Waals surface area (Å²) in [5, 5.41) is 7.76. The first-order valence-corrected chi connectivity index (χ1v) is 6.92. The van der Waals surface area contributed by atoms with Gasteiger partial charge in [-0.15, -0.1) is 21.5 Å². The number of fused-ring (bicyclic) bond motifs is 1. The lowest BCUT2D eigenvalue weighted by Crippen LogP contribution is -1.81. The summed E-state index contributed by atoms with van der Waals surface area (Å²) in [4.78, 5) is 4.49. The minimum atomic E-state index is 0.767. The summed E-state index contributed by atoms with van der Waals surface area (Å²) < 4.78 is 2.98. The van der Waals surface area contributed by atoms with Gasteiger partial charge in [0.25, 0.3) is 0 Å². The Morgan fingerprint density at radius 3 is 3.00 bits per heavy atom. The summed E-state index contributed by atoms with van der Waals surface area (Å²) in [6, 6.07) is 5.74. The molecule has 0 aliphatic carbocycles. The molecule has 1 aromatic carbocycles. The van der Waals surface area contributed by atoms with Gasteiger partial charge in [0.15, 0.2) is 8.68 Å². The molecule has 0 unspecified atom stereocenters. The van der Waals surface area contributed by atoms with E-state index in [-0.39, 0.29) is 0 Å². The first kappa shape index (κ1) is 10.0. The lowest BCUT2D eigenvalue weighted by molar-refractivity contribution is 1.01. The molecule has 0 bridgehead atoms. The van der Waals surface area contributed by atoms with E-state index in [1.807, 2.05) is 18.2 Å². The van der Waals surface area contributed by atoms with Crippen molar-refractivity contribution in [1.82, 2.24) is 15.2 Å². The molecule has 3 aromatic rings. The molecule has 0 saturated heterocycles. The average molecular weight is 266 g/mol. The summed E-state index contributed by atoms with van der Waals surface area (Å²) in [7, 11) is 0. The second-order valence-electron chi connectivity index (χ2n) is 3.01. The van der Waals surface area contributed by atoms with Crippen LogP contribution in [0.4, 0.5) is 5.69 Å². The summed E-state index contributed by atoms with van der Waals surface area (Å²) in [5.41, 5.74) is 9.18. The molecule has 0 spiro atoms. The highest BCUT2D eigenvalue weighted by Gasteiger charge is 2.07. The smallest absolute Gasteiger partial charge is 0.181 e. The Balaban J connectivity index is 1.99. The number of nitrogens with two attached hydrogens (primary N) is 1. The Morgan fingerprint density at radius 1 is 1.25 bits per heavy atom. The molecule has 0 saturated carbocycles. The van der Waals surface area contributed by atoms with Gasteiger partial charge in [0.1, 0.15) is 5.51 Å². The van der Waals surface area contributed by atoms with E-state index in [0.717, 1.165) is 24.6 Å². The largest absolute Gasteiger partial charge is 0.399 e. The van der Waals surface area contributed by atoms with Crippen LogP contribution in [0, 0.1) is 0 Å². The van der Waals surface area contributed by atoms with Crippen molar-refractivity contribution in [2.24, 2.45) is 0 Å². The van der Waals surface area contributed by atoms with E-state index in [4.69, 9.17) is 5.73 Å². The third-order valence-electron chi connectivity index (χ3n) is 1.91. The van der Waals surface area contributed by atoms with Gasteiger partial charge in [0.2, 0.25) is 0 Å². The van der Waals surface area contributed by atoms with Crippen LogP contribution >= 0.6 is 34.4 Å². The molecule has 4 nitrogen and oxygen atoms in total. The fourth-order valence-electron chi connectivity index (χ4n) is 1.25. The van der Waals surface area contributed by atoms with Crippen molar-refractivity contribution in [3.63, 3.8) is 0 Å². The lowest BCUT2D eigenvalue weighted by atomic mass is 10.3. The molecule has 0 aliphatic heterocycles. The summed E-state index contributed by atoms with van der Waals surface area (Å²) in [6.45, 7) is 0. The van der Waals surface area contributed by atoms with Gasteiger partial charge < -0.3 is 5.73 Å². The first-order valence-electron chi connectivity index (χ1n) is 4.41. The Kier molecular flexibility index (Phi) is 2.50. The normalized spacial score (nSPS) is 11.0. The summed E-state index contributed by atoms with van der Waals surface area (Å²) >= 11 is 4.67. The molecular formula is C9H6N4S3. The number of aromatic nitrogens is 3. The standard InChI is InChI=1S/C9H6N4S3/c10-5-1-2-6-7(3-5)15-8(12-6)16-9-13-11-4-14-9/h1-4H,10H2. The molecule has 2 heterocycles. The van der Waals surface area contributed by atoms with Crippen LogP contribution in [0.25, 0.3) is 10.2 Å². The number of hydrogen-bond acceptors (Lipinski definition) is 7. The van der Waals surface area contributed by atoms with Crippen LogP contribution in [0.3, 0.4) is 0 Å². The zero-order valence-electron chi connectivity index (χ0n) is 7.95. The number of thiazole rings is 1. The second kappa shape index (κ2) is 4.00. The van der Waals surface area contributed by atoms with Crippen molar-refractivity contribution >= 4 is 50.3 Å². The monoisotopic (exact) mass is 266 g/mol. The fraction of sp³-hybridized carbons (Fsp3) is 0. The van der Waals surface area contributed by atoms with E-state index >= 15 is 0 Å². The Morgan fingerprint density at radius 2 is 2.19 bits per heavy atom. The maximum absolute atomic E-state index is 5.72. The van der Waals surface area contributed by atoms with E-state index in [1.165, 1.54) is 23.1 Å². The molecule has 0 amide bonds. The molecular weight excluding hydrogens is 260 g/mol. The van der Waals surface area contributed by atoms with Crippen molar-refractivity contribution < 1.29 is 0 Å². The van der Waals surface area contributed by atoms with Gasteiger partial charge in [-0.05, 0) is 30.0 Å². The maximum Gasteiger partial charge on any atom is 0.181 e. The quantitative estimate of drug-likeness (QED) is 0.722. The third-order valence-corrected chi connectivity index (χ3v) is 4.76. The number of rotatable bonds is 2. The van der Waals surface area contributed by atoms with Crippen LogP contribution in [0.2, 0.25) is 0 Å². The van der Waals surface area contributed by atoms with Crippen molar-refractivity contribution in [3.8, 4) is 0 Å². The van der Waals surface area contributed by atoms with Crippen LogP contribution in [-0.4, -0.2) is 15.2 Å². The molecule has 0 aliphatic rings. The predicted octanol–water partition coefficient (Wildman–Crippen LogP) is 2.88.